The second-order valence-corrected chi connectivity index (χ2v) is 8.15. The largest absolute Gasteiger partial charge is 0.490 e. The van der Waals surface area contributed by atoms with E-state index in [4.69, 9.17) is 9.47 Å². The van der Waals surface area contributed by atoms with Crippen LogP contribution in [0.4, 0.5) is 0 Å². The Bertz CT molecular complexity index is 950. The first-order chi connectivity index (χ1) is 16.0. The van der Waals surface area contributed by atoms with Crippen molar-refractivity contribution in [2.24, 2.45) is 5.92 Å². The van der Waals surface area contributed by atoms with Crippen LogP contribution < -0.4 is 14.8 Å². The first-order valence-corrected chi connectivity index (χ1v) is 11.7. The molecule has 6 heteroatoms. The number of carbonyl (C=O) groups excluding carboxylic acids is 2. The van der Waals surface area contributed by atoms with Gasteiger partial charge in [0.05, 0.1) is 19.3 Å². The Morgan fingerprint density at radius 3 is 2.36 bits per heavy atom. The Morgan fingerprint density at radius 1 is 1.03 bits per heavy atom. The molecule has 1 aliphatic heterocycles. The van der Waals surface area contributed by atoms with E-state index in [9.17, 15) is 9.59 Å². The van der Waals surface area contributed by atoms with Gasteiger partial charge in [-0.25, -0.2) is 0 Å². The van der Waals surface area contributed by atoms with E-state index in [1.54, 1.807) is 6.08 Å². The third-order valence-corrected chi connectivity index (χ3v) is 5.82. The number of likely N-dealkylation sites (tertiary alicyclic amines) is 1. The van der Waals surface area contributed by atoms with E-state index < -0.39 is 0 Å². The smallest absolute Gasteiger partial charge is 0.246 e. The quantitative estimate of drug-likeness (QED) is 0.567. The molecule has 2 aromatic carbocycles. The molecule has 176 valence electrons. The van der Waals surface area contributed by atoms with Crippen LogP contribution in [0.3, 0.4) is 0 Å². The number of nitrogens with zero attached hydrogens (tertiary/aromatic N) is 1. The molecule has 0 saturated carbocycles. The Balaban J connectivity index is 1.52. The van der Waals surface area contributed by atoms with Gasteiger partial charge in [0.15, 0.2) is 11.5 Å². The van der Waals surface area contributed by atoms with Crippen molar-refractivity contribution in [2.75, 3.05) is 26.3 Å². The van der Waals surface area contributed by atoms with Gasteiger partial charge < -0.3 is 19.7 Å². The average Bonchev–Trinajstić information content (AvgIpc) is 2.84. The van der Waals surface area contributed by atoms with Crippen LogP contribution in [-0.2, 0) is 9.59 Å². The fourth-order valence-electron chi connectivity index (χ4n) is 3.95. The first kappa shape index (κ1) is 24.4. The van der Waals surface area contributed by atoms with Crippen molar-refractivity contribution in [3.8, 4) is 11.5 Å². The standard InChI is InChI=1S/C27H34N2O4/c1-4-32-24-13-12-23(19-25(24)33-5-2)20(3)28-27(31)22-15-17-29(18-16-22)26(30)14-11-21-9-7-6-8-10-21/h6-14,19-20,22H,4-5,15-18H2,1-3H3,(H,28,31). The molecule has 1 unspecified atom stereocenters. The minimum absolute atomic E-state index is 0.0103. The van der Waals surface area contributed by atoms with E-state index in [1.807, 2.05) is 80.3 Å². The van der Waals surface area contributed by atoms with Gasteiger partial charge in [0.1, 0.15) is 0 Å². The number of piperidine rings is 1. The Morgan fingerprint density at radius 2 is 1.70 bits per heavy atom. The monoisotopic (exact) mass is 450 g/mol. The maximum Gasteiger partial charge on any atom is 0.246 e. The molecule has 0 bridgehead atoms. The van der Waals surface area contributed by atoms with Crippen LogP contribution >= 0.6 is 0 Å². The van der Waals surface area contributed by atoms with Crippen molar-refractivity contribution in [2.45, 2.75) is 39.7 Å². The fourth-order valence-corrected chi connectivity index (χ4v) is 3.95. The third-order valence-electron chi connectivity index (χ3n) is 5.82. The first-order valence-electron chi connectivity index (χ1n) is 11.7. The fraction of sp³-hybridized carbons (Fsp3) is 0.407. The molecule has 1 aliphatic rings. The molecule has 1 heterocycles. The molecule has 0 radical (unpaired) electrons. The average molecular weight is 451 g/mol. The highest BCUT2D eigenvalue weighted by atomic mass is 16.5. The molecule has 0 aliphatic carbocycles. The van der Waals surface area contributed by atoms with Gasteiger partial charge in [0.25, 0.3) is 0 Å². The zero-order chi connectivity index (χ0) is 23.6. The SMILES string of the molecule is CCOc1ccc(C(C)NC(=O)C2CCN(C(=O)C=Cc3ccccc3)CC2)cc1OCC. The van der Waals surface area contributed by atoms with Crippen molar-refractivity contribution in [1.82, 2.24) is 10.2 Å². The summed E-state index contributed by atoms with van der Waals surface area (Å²) >= 11 is 0. The molecule has 1 fully saturated rings. The van der Waals surface area contributed by atoms with Gasteiger partial charge in [-0.1, -0.05) is 36.4 Å². The van der Waals surface area contributed by atoms with E-state index in [1.165, 1.54) is 0 Å². The summed E-state index contributed by atoms with van der Waals surface area (Å²) in [5.74, 6) is 1.32. The summed E-state index contributed by atoms with van der Waals surface area (Å²) in [6.45, 7) is 8.12. The predicted octanol–water partition coefficient (Wildman–Crippen LogP) is 4.61. The zero-order valence-corrected chi connectivity index (χ0v) is 19.8. The maximum atomic E-state index is 12.9. The third kappa shape index (κ3) is 6.85. The van der Waals surface area contributed by atoms with Crippen LogP contribution in [-0.4, -0.2) is 43.0 Å². The van der Waals surface area contributed by atoms with Crippen LogP contribution in [0.15, 0.2) is 54.6 Å². The highest BCUT2D eigenvalue weighted by molar-refractivity contribution is 5.92. The van der Waals surface area contributed by atoms with Crippen molar-refractivity contribution in [1.29, 1.82) is 0 Å². The zero-order valence-electron chi connectivity index (χ0n) is 19.8. The van der Waals surface area contributed by atoms with Crippen LogP contribution in [0.25, 0.3) is 6.08 Å². The highest BCUT2D eigenvalue weighted by Gasteiger charge is 2.27. The lowest BCUT2D eigenvalue weighted by atomic mass is 9.95. The summed E-state index contributed by atoms with van der Waals surface area (Å²) in [6, 6.07) is 15.4. The molecule has 3 rings (SSSR count). The van der Waals surface area contributed by atoms with Crippen LogP contribution in [0.5, 0.6) is 11.5 Å². The number of benzene rings is 2. The lowest BCUT2D eigenvalue weighted by molar-refractivity contribution is -0.132. The van der Waals surface area contributed by atoms with E-state index in [0.717, 1.165) is 11.1 Å². The van der Waals surface area contributed by atoms with Gasteiger partial charge in [0.2, 0.25) is 11.8 Å². The van der Waals surface area contributed by atoms with Gasteiger partial charge in [-0.2, -0.15) is 0 Å². The predicted molar refractivity (Wildman–Crippen MR) is 130 cm³/mol. The number of nitrogens with one attached hydrogen (secondary N) is 1. The molecular weight excluding hydrogens is 416 g/mol. The molecule has 6 nitrogen and oxygen atoms in total. The molecular formula is C27H34N2O4. The van der Waals surface area contributed by atoms with E-state index in [2.05, 4.69) is 5.32 Å². The Kier molecular flexibility index (Phi) is 8.93. The number of hydrogen-bond acceptors (Lipinski definition) is 4. The van der Waals surface area contributed by atoms with Gasteiger partial charge in [-0.3, -0.25) is 9.59 Å². The van der Waals surface area contributed by atoms with Crippen LogP contribution in [0, 0.1) is 5.92 Å². The van der Waals surface area contributed by atoms with E-state index in [-0.39, 0.29) is 23.8 Å². The summed E-state index contributed by atoms with van der Waals surface area (Å²) in [5.41, 5.74) is 1.96. The minimum atomic E-state index is -0.152. The highest BCUT2D eigenvalue weighted by Crippen LogP contribution is 2.31. The number of hydrogen-bond donors (Lipinski definition) is 1. The minimum Gasteiger partial charge on any atom is -0.490 e. The molecule has 1 N–H and O–H groups in total. The van der Waals surface area contributed by atoms with Crippen LogP contribution in [0.1, 0.15) is 50.8 Å². The summed E-state index contributed by atoms with van der Waals surface area (Å²) in [5, 5.41) is 3.12. The van der Waals surface area contributed by atoms with Crippen LogP contribution in [0.2, 0.25) is 0 Å². The van der Waals surface area contributed by atoms with Crippen molar-refractivity contribution in [3.63, 3.8) is 0 Å². The molecule has 0 aromatic heterocycles. The topological polar surface area (TPSA) is 67.9 Å². The molecule has 2 aromatic rings. The maximum absolute atomic E-state index is 12.9. The van der Waals surface area contributed by atoms with Gasteiger partial charge in [0, 0.05) is 25.1 Å². The second kappa shape index (κ2) is 12.1. The van der Waals surface area contributed by atoms with Gasteiger partial charge >= 0.3 is 0 Å². The molecule has 1 atom stereocenters. The van der Waals surface area contributed by atoms with Crippen molar-refractivity contribution in [3.05, 3.63) is 65.7 Å². The molecule has 2 amide bonds. The lowest BCUT2D eigenvalue weighted by Gasteiger charge is -2.31. The number of rotatable bonds is 9. The Labute approximate surface area is 196 Å². The Hall–Kier alpha value is -3.28. The molecule has 33 heavy (non-hydrogen) atoms. The summed E-state index contributed by atoms with van der Waals surface area (Å²) in [7, 11) is 0. The van der Waals surface area contributed by atoms with Crippen molar-refractivity contribution < 1.29 is 19.1 Å². The van der Waals surface area contributed by atoms with E-state index >= 15 is 0 Å². The number of amides is 2. The number of ether oxygens (including phenoxy) is 2. The van der Waals surface area contributed by atoms with Gasteiger partial charge in [-0.05, 0) is 62.9 Å². The normalized spacial score (nSPS) is 15.3. The van der Waals surface area contributed by atoms with E-state index in [0.29, 0.717) is 50.6 Å². The summed E-state index contributed by atoms with van der Waals surface area (Å²) in [4.78, 5) is 27.2. The second-order valence-electron chi connectivity index (χ2n) is 8.15. The lowest BCUT2D eigenvalue weighted by Crippen LogP contribution is -2.43. The summed E-state index contributed by atoms with van der Waals surface area (Å²) < 4.78 is 11.3. The molecule has 1 saturated heterocycles. The number of carbonyl (C=O) groups is 2. The summed E-state index contributed by atoms with van der Waals surface area (Å²) in [6.07, 6.45) is 4.77. The van der Waals surface area contributed by atoms with Crippen molar-refractivity contribution >= 4 is 17.9 Å². The molecule has 0 spiro atoms. The van der Waals surface area contributed by atoms with Gasteiger partial charge in [-0.15, -0.1) is 0 Å².